The summed E-state index contributed by atoms with van der Waals surface area (Å²) in [5, 5.41) is 9.42. The molecule has 4 nitrogen and oxygen atoms in total. The molecule has 0 spiro atoms. The molecule has 0 aliphatic carbocycles. The van der Waals surface area contributed by atoms with Crippen molar-refractivity contribution in [3.8, 4) is 0 Å². The van der Waals surface area contributed by atoms with Gasteiger partial charge in [-0.25, -0.2) is 0 Å². The number of carbonyl (C=O) groups excluding carboxylic acids is 1. The van der Waals surface area contributed by atoms with E-state index in [9.17, 15) is 4.79 Å². The van der Waals surface area contributed by atoms with Gasteiger partial charge in [-0.1, -0.05) is 6.42 Å². The number of thioether (sulfide) groups is 1. The standard InChI is InChI=1S/C9H13N3OS/c13-9(7-3-1-2-6-14-7)11-8-4-5-10-12-8/h4-5,7H,1-3,6H2,(H2,10,11,12,13). The smallest absolute Gasteiger partial charge is 0.238 e. The molecule has 5 heteroatoms. The number of H-pyrrole nitrogens is 1. The van der Waals surface area contributed by atoms with E-state index in [1.54, 1.807) is 24.0 Å². The highest BCUT2D eigenvalue weighted by atomic mass is 32.2. The average Bonchev–Trinajstić information content (AvgIpc) is 2.72. The molecule has 1 amide bonds. The van der Waals surface area contributed by atoms with E-state index in [1.807, 2.05) is 0 Å². The van der Waals surface area contributed by atoms with Gasteiger partial charge in [0.2, 0.25) is 5.91 Å². The molecule has 1 unspecified atom stereocenters. The number of hydrogen-bond acceptors (Lipinski definition) is 3. The molecule has 2 heterocycles. The van der Waals surface area contributed by atoms with E-state index >= 15 is 0 Å². The van der Waals surface area contributed by atoms with Gasteiger partial charge in [-0.3, -0.25) is 9.89 Å². The summed E-state index contributed by atoms with van der Waals surface area (Å²) in [5.74, 6) is 1.88. The van der Waals surface area contributed by atoms with Crippen molar-refractivity contribution in [3.63, 3.8) is 0 Å². The molecule has 1 aliphatic heterocycles. The quantitative estimate of drug-likeness (QED) is 0.781. The molecular formula is C9H13N3OS. The number of hydrogen-bond donors (Lipinski definition) is 2. The molecule has 1 atom stereocenters. The third kappa shape index (κ3) is 2.29. The lowest BCUT2D eigenvalue weighted by atomic mass is 10.2. The summed E-state index contributed by atoms with van der Waals surface area (Å²) in [6, 6.07) is 1.76. The Morgan fingerprint density at radius 3 is 3.21 bits per heavy atom. The molecule has 0 aromatic carbocycles. The maximum atomic E-state index is 11.7. The van der Waals surface area contributed by atoms with E-state index in [1.165, 1.54) is 6.42 Å². The topological polar surface area (TPSA) is 57.8 Å². The van der Waals surface area contributed by atoms with E-state index < -0.39 is 0 Å². The van der Waals surface area contributed by atoms with Gasteiger partial charge in [-0.2, -0.15) is 5.10 Å². The Morgan fingerprint density at radius 1 is 1.64 bits per heavy atom. The molecule has 2 rings (SSSR count). The molecule has 2 N–H and O–H groups in total. The van der Waals surface area contributed by atoms with Crippen LogP contribution in [0.25, 0.3) is 0 Å². The van der Waals surface area contributed by atoms with Crippen LogP contribution in [-0.2, 0) is 4.79 Å². The van der Waals surface area contributed by atoms with Gasteiger partial charge < -0.3 is 5.32 Å². The van der Waals surface area contributed by atoms with Crippen molar-refractivity contribution in [2.24, 2.45) is 0 Å². The number of anilines is 1. The SMILES string of the molecule is O=C(Nc1ccn[nH]1)C1CCCCS1. The molecule has 0 radical (unpaired) electrons. The Labute approximate surface area is 86.8 Å². The molecule has 0 bridgehead atoms. The molecule has 1 saturated heterocycles. The second-order valence-electron chi connectivity index (χ2n) is 3.31. The summed E-state index contributed by atoms with van der Waals surface area (Å²) in [7, 11) is 0. The first-order valence-electron chi connectivity index (χ1n) is 4.78. The number of aromatic amines is 1. The Hall–Kier alpha value is -0.970. The van der Waals surface area contributed by atoms with Crippen molar-refractivity contribution in [2.45, 2.75) is 24.5 Å². The third-order valence-electron chi connectivity index (χ3n) is 2.23. The van der Waals surface area contributed by atoms with Gasteiger partial charge in [0, 0.05) is 6.07 Å². The lowest BCUT2D eigenvalue weighted by Crippen LogP contribution is -2.27. The highest BCUT2D eigenvalue weighted by molar-refractivity contribution is 8.00. The van der Waals surface area contributed by atoms with Crippen LogP contribution in [0.2, 0.25) is 0 Å². The van der Waals surface area contributed by atoms with E-state index in [4.69, 9.17) is 0 Å². The molecule has 1 aromatic heterocycles. The highest BCUT2D eigenvalue weighted by Crippen LogP contribution is 2.25. The molecule has 1 fully saturated rings. The number of amides is 1. The summed E-state index contributed by atoms with van der Waals surface area (Å²) in [6.07, 6.45) is 5.01. The minimum Gasteiger partial charge on any atom is -0.310 e. The number of rotatable bonds is 2. The Bertz CT molecular complexity index is 293. The van der Waals surface area contributed by atoms with Crippen LogP contribution < -0.4 is 5.32 Å². The van der Waals surface area contributed by atoms with E-state index in [2.05, 4.69) is 15.5 Å². The van der Waals surface area contributed by atoms with E-state index in [0.717, 1.165) is 18.6 Å². The molecule has 1 aromatic rings. The number of nitrogens with one attached hydrogen (secondary N) is 2. The fourth-order valence-electron chi connectivity index (χ4n) is 1.49. The minimum atomic E-state index is 0.0963. The monoisotopic (exact) mass is 211 g/mol. The summed E-state index contributed by atoms with van der Waals surface area (Å²) >= 11 is 1.75. The van der Waals surface area contributed by atoms with Crippen LogP contribution in [0.4, 0.5) is 5.82 Å². The predicted octanol–water partition coefficient (Wildman–Crippen LogP) is 1.63. The zero-order valence-electron chi connectivity index (χ0n) is 7.82. The molecule has 1 aliphatic rings. The van der Waals surface area contributed by atoms with Crippen molar-refractivity contribution in [1.82, 2.24) is 10.2 Å². The Kier molecular flexibility index (Phi) is 3.08. The highest BCUT2D eigenvalue weighted by Gasteiger charge is 2.21. The maximum Gasteiger partial charge on any atom is 0.238 e. The fraction of sp³-hybridized carbons (Fsp3) is 0.556. The second-order valence-corrected chi connectivity index (χ2v) is 4.63. The predicted molar refractivity (Wildman–Crippen MR) is 57.3 cm³/mol. The van der Waals surface area contributed by atoms with Gasteiger partial charge in [0.15, 0.2) is 0 Å². The van der Waals surface area contributed by atoms with Gasteiger partial charge >= 0.3 is 0 Å². The lowest BCUT2D eigenvalue weighted by Gasteiger charge is -2.19. The summed E-state index contributed by atoms with van der Waals surface area (Å²) in [5.41, 5.74) is 0. The number of carbonyl (C=O) groups is 1. The summed E-state index contributed by atoms with van der Waals surface area (Å²) in [4.78, 5) is 11.7. The molecule has 0 saturated carbocycles. The molecular weight excluding hydrogens is 198 g/mol. The van der Waals surface area contributed by atoms with Crippen molar-refractivity contribution in [3.05, 3.63) is 12.3 Å². The summed E-state index contributed by atoms with van der Waals surface area (Å²) < 4.78 is 0. The van der Waals surface area contributed by atoms with Gasteiger partial charge in [-0.05, 0) is 18.6 Å². The van der Waals surface area contributed by atoms with Crippen LogP contribution in [0.15, 0.2) is 12.3 Å². The summed E-state index contributed by atoms with van der Waals surface area (Å²) in [6.45, 7) is 0. The van der Waals surface area contributed by atoms with Crippen LogP contribution in [0.5, 0.6) is 0 Å². The minimum absolute atomic E-state index is 0.0963. The van der Waals surface area contributed by atoms with Crippen LogP contribution in [0, 0.1) is 0 Å². The van der Waals surface area contributed by atoms with Crippen LogP contribution in [-0.4, -0.2) is 27.1 Å². The van der Waals surface area contributed by atoms with Crippen molar-refractivity contribution in [1.29, 1.82) is 0 Å². The Balaban J connectivity index is 1.88. The van der Waals surface area contributed by atoms with Crippen LogP contribution in [0.3, 0.4) is 0 Å². The first kappa shape index (κ1) is 9.58. The van der Waals surface area contributed by atoms with Gasteiger partial charge in [0.05, 0.1) is 11.4 Å². The van der Waals surface area contributed by atoms with Gasteiger partial charge in [0.1, 0.15) is 5.82 Å². The van der Waals surface area contributed by atoms with Gasteiger partial charge in [0.25, 0.3) is 0 Å². The van der Waals surface area contributed by atoms with E-state index in [-0.39, 0.29) is 11.2 Å². The largest absolute Gasteiger partial charge is 0.310 e. The first-order valence-corrected chi connectivity index (χ1v) is 5.83. The van der Waals surface area contributed by atoms with Crippen LogP contribution in [0.1, 0.15) is 19.3 Å². The number of nitrogens with zero attached hydrogens (tertiary/aromatic N) is 1. The van der Waals surface area contributed by atoms with Gasteiger partial charge in [-0.15, -0.1) is 11.8 Å². The maximum absolute atomic E-state index is 11.7. The normalized spacial score (nSPS) is 21.9. The Morgan fingerprint density at radius 2 is 2.57 bits per heavy atom. The fourth-order valence-corrected chi connectivity index (χ4v) is 2.69. The lowest BCUT2D eigenvalue weighted by molar-refractivity contribution is -0.115. The van der Waals surface area contributed by atoms with Crippen molar-refractivity contribution >= 4 is 23.5 Å². The van der Waals surface area contributed by atoms with Crippen molar-refractivity contribution in [2.75, 3.05) is 11.1 Å². The van der Waals surface area contributed by atoms with Crippen LogP contribution >= 0.6 is 11.8 Å². The van der Waals surface area contributed by atoms with E-state index in [0.29, 0.717) is 5.82 Å². The average molecular weight is 211 g/mol. The number of aromatic nitrogens is 2. The molecule has 14 heavy (non-hydrogen) atoms. The first-order chi connectivity index (χ1) is 6.86. The zero-order valence-corrected chi connectivity index (χ0v) is 8.64. The molecule has 76 valence electrons. The van der Waals surface area contributed by atoms with Crippen molar-refractivity contribution < 1.29 is 4.79 Å². The second kappa shape index (κ2) is 4.50. The zero-order chi connectivity index (χ0) is 9.80. The third-order valence-corrected chi connectivity index (χ3v) is 3.61.